The Balaban J connectivity index is 1.94. The predicted octanol–water partition coefficient (Wildman–Crippen LogP) is 1.59. The van der Waals surface area contributed by atoms with E-state index in [9.17, 15) is 8.42 Å². The first-order valence-corrected chi connectivity index (χ1v) is 7.77. The molecular weight excluding hydrogens is 230 g/mol. The second kappa shape index (κ2) is 4.23. The molecule has 84 valence electrons. The number of thiophene rings is 1. The molecule has 1 saturated heterocycles. The Morgan fingerprint density at radius 2 is 2.40 bits per heavy atom. The second-order valence-electron chi connectivity index (χ2n) is 4.00. The molecule has 0 aromatic carbocycles. The van der Waals surface area contributed by atoms with Crippen molar-refractivity contribution in [3.63, 3.8) is 0 Å². The van der Waals surface area contributed by atoms with E-state index in [-0.39, 0.29) is 12.1 Å². The van der Waals surface area contributed by atoms with Gasteiger partial charge in [0.05, 0.1) is 11.5 Å². The summed E-state index contributed by atoms with van der Waals surface area (Å²) in [5, 5.41) is 5.41. The van der Waals surface area contributed by atoms with Gasteiger partial charge in [0.2, 0.25) is 0 Å². The van der Waals surface area contributed by atoms with Gasteiger partial charge in [-0.2, -0.15) is 0 Å². The van der Waals surface area contributed by atoms with Gasteiger partial charge in [-0.25, -0.2) is 8.42 Å². The van der Waals surface area contributed by atoms with Crippen molar-refractivity contribution in [1.82, 2.24) is 5.32 Å². The molecular formula is C10H15NO2S2. The van der Waals surface area contributed by atoms with Crippen LogP contribution in [-0.2, 0) is 9.84 Å². The zero-order chi connectivity index (χ0) is 10.9. The minimum atomic E-state index is -2.77. The summed E-state index contributed by atoms with van der Waals surface area (Å²) in [4.78, 5) is 1.26. The summed E-state index contributed by atoms with van der Waals surface area (Å²) in [6.45, 7) is 2.08. The summed E-state index contributed by atoms with van der Waals surface area (Å²) in [7, 11) is -2.77. The maximum atomic E-state index is 11.3. The van der Waals surface area contributed by atoms with Crippen LogP contribution in [0.5, 0.6) is 0 Å². The van der Waals surface area contributed by atoms with Gasteiger partial charge in [0, 0.05) is 17.0 Å². The van der Waals surface area contributed by atoms with E-state index < -0.39 is 9.84 Å². The van der Waals surface area contributed by atoms with Crippen molar-refractivity contribution >= 4 is 21.2 Å². The minimum absolute atomic E-state index is 0.132. The molecule has 1 aromatic heterocycles. The quantitative estimate of drug-likeness (QED) is 0.879. The maximum absolute atomic E-state index is 11.3. The third-order valence-electron chi connectivity index (χ3n) is 2.69. The Labute approximate surface area is 94.4 Å². The molecule has 1 fully saturated rings. The van der Waals surface area contributed by atoms with E-state index in [2.05, 4.69) is 18.3 Å². The van der Waals surface area contributed by atoms with Gasteiger partial charge in [-0.05, 0) is 24.8 Å². The number of hydrogen-bond acceptors (Lipinski definition) is 4. The van der Waals surface area contributed by atoms with Crippen LogP contribution in [0.25, 0.3) is 0 Å². The van der Waals surface area contributed by atoms with Gasteiger partial charge >= 0.3 is 0 Å². The van der Waals surface area contributed by atoms with Crippen LogP contribution in [0.4, 0.5) is 0 Å². The van der Waals surface area contributed by atoms with Crippen LogP contribution in [-0.4, -0.2) is 26.0 Å². The number of hydrogen-bond donors (Lipinski definition) is 1. The molecule has 2 heterocycles. The van der Waals surface area contributed by atoms with E-state index in [1.54, 1.807) is 11.3 Å². The zero-order valence-electron chi connectivity index (χ0n) is 8.64. The van der Waals surface area contributed by atoms with Crippen molar-refractivity contribution in [1.29, 1.82) is 0 Å². The summed E-state index contributed by atoms with van der Waals surface area (Å²) in [6, 6.07) is 4.48. The molecule has 3 nitrogen and oxygen atoms in total. The molecule has 2 rings (SSSR count). The fourth-order valence-corrected chi connectivity index (χ4v) is 4.33. The zero-order valence-corrected chi connectivity index (χ0v) is 10.3. The minimum Gasteiger partial charge on any atom is -0.306 e. The molecule has 1 aromatic rings. The fraction of sp³-hybridized carbons (Fsp3) is 0.600. The highest BCUT2D eigenvalue weighted by molar-refractivity contribution is 7.91. The summed E-state index contributed by atoms with van der Waals surface area (Å²) in [6.07, 6.45) is 0.748. The van der Waals surface area contributed by atoms with E-state index in [1.165, 1.54) is 4.88 Å². The van der Waals surface area contributed by atoms with Gasteiger partial charge in [-0.1, -0.05) is 6.07 Å². The van der Waals surface area contributed by atoms with Crippen LogP contribution >= 0.6 is 11.3 Å². The lowest BCUT2D eigenvalue weighted by Crippen LogP contribution is -2.31. The highest BCUT2D eigenvalue weighted by Gasteiger charge is 2.28. The molecule has 0 radical (unpaired) electrons. The second-order valence-corrected chi connectivity index (χ2v) is 7.21. The van der Waals surface area contributed by atoms with E-state index in [4.69, 9.17) is 0 Å². The molecule has 2 atom stereocenters. The van der Waals surface area contributed by atoms with Crippen LogP contribution in [0.2, 0.25) is 0 Å². The highest BCUT2D eigenvalue weighted by Crippen LogP contribution is 2.21. The lowest BCUT2D eigenvalue weighted by Gasteiger charge is -2.16. The van der Waals surface area contributed by atoms with Gasteiger partial charge in [-0.15, -0.1) is 11.3 Å². The lowest BCUT2D eigenvalue weighted by molar-refractivity contribution is 0.490. The summed E-state index contributed by atoms with van der Waals surface area (Å²) >= 11 is 1.70. The topological polar surface area (TPSA) is 46.2 Å². The lowest BCUT2D eigenvalue weighted by atomic mass is 10.2. The largest absolute Gasteiger partial charge is 0.306 e. The molecule has 0 bridgehead atoms. The van der Waals surface area contributed by atoms with Crippen molar-refractivity contribution < 1.29 is 8.42 Å². The van der Waals surface area contributed by atoms with Crippen molar-refractivity contribution in [2.24, 2.45) is 0 Å². The van der Waals surface area contributed by atoms with Crippen LogP contribution in [0, 0.1) is 0 Å². The van der Waals surface area contributed by atoms with E-state index in [0.29, 0.717) is 11.5 Å². The standard InChI is InChI=1S/C10H15NO2S2/c1-8(10-3-2-5-14-10)11-9-4-6-15(12,13)7-9/h2-3,5,8-9,11H,4,6-7H2,1H3. The first-order valence-electron chi connectivity index (χ1n) is 5.07. The highest BCUT2D eigenvalue weighted by atomic mass is 32.2. The molecule has 1 aliphatic heterocycles. The van der Waals surface area contributed by atoms with Gasteiger partial charge < -0.3 is 5.32 Å². The van der Waals surface area contributed by atoms with Crippen LogP contribution < -0.4 is 5.32 Å². The number of rotatable bonds is 3. The summed E-state index contributed by atoms with van der Waals surface area (Å²) < 4.78 is 22.5. The van der Waals surface area contributed by atoms with E-state index in [1.807, 2.05) is 11.4 Å². The fourth-order valence-electron chi connectivity index (χ4n) is 1.90. The molecule has 0 aliphatic carbocycles. The SMILES string of the molecule is CC(NC1CCS(=O)(=O)C1)c1cccs1. The molecule has 1 N–H and O–H groups in total. The monoisotopic (exact) mass is 245 g/mol. The van der Waals surface area contributed by atoms with Crippen LogP contribution in [0.1, 0.15) is 24.3 Å². The average Bonchev–Trinajstić information content (AvgIpc) is 2.74. The van der Waals surface area contributed by atoms with Gasteiger partial charge in [0.25, 0.3) is 0 Å². The maximum Gasteiger partial charge on any atom is 0.151 e. The van der Waals surface area contributed by atoms with Gasteiger partial charge in [0.1, 0.15) is 0 Å². The molecule has 0 amide bonds. The first kappa shape index (κ1) is 11.1. The normalized spacial score (nSPS) is 26.6. The van der Waals surface area contributed by atoms with Crippen molar-refractivity contribution in [3.05, 3.63) is 22.4 Å². The van der Waals surface area contributed by atoms with Crippen molar-refractivity contribution in [3.8, 4) is 0 Å². The summed E-state index contributed by atoms with van der Waals surface area (Å²) in [5.41, 5.74) is 0. The first-order chi connectivity index (χ1) is 7.07. The molecule has 0 saturated carbocycles. The molecule has 1 aliphatic rings. The number of nitrogens with one attached hydrogen (secondary N) is 1. The van der Waals surface area contributed by atoms with E-state index >= 15 is 0 Å². The third kappa shape index (κ3) is 2.80. The molecule has 2 unspecified atom stereocenters. The molecule has 0 spiro atoms. The Morgan fingerprint density at radius 1 is 1.60 bits per heavy atom. The van der Waals surface area contributed by atoms with Crippen molar-refractivity contribution in [2.45, 2.75) is 25.4 Å². The van der Waals surface area contributed by atoms with Crippen molar-refractivity contribution in [2.75, 3.05) is 11.5 Å². The summed E-state index contributed by atoms with van der Waals surface area (Å²) in [5.74, 6) is 0.630. The Kier molecular flexibility index (Phi) is 3.13. The number of sulfone groups is 1. The van der Waals surface area contributed by atoms with Gasteiger partial charge in [-0.3, -0.25) is 0 Å². The molecule has 15 heavy (non-hydrogen) atoms. The Morgan fingerprint density at radius 3 is 2.93 bits per heavy atom. The Bertz CT molecular complexity index is 411. The molecule has 5 heteroatoms. The predicted molar refractivity (Wildman–Crippen MR) is 62.9 cm³/mol. The van der Waals surface area contributed by atoms with E-state index in [0.717, 1.165) is 6.42 Å². The smallest absolute Gasteiger partial charge is 0.151 e. The van der Waals surface area contributed by atoms with Crippen LogP contribution in [0.3, 0.4) is 0 Å². The third-order valence-corrected chi connectivity index (χ3v) is 5.51. The van der Waals surface area contributed by atoms with Crippen LogP contribution in [0.15, 0.2) is 17.5 Å². The van der Waals surface area contributed by atoms with Gasteiger partial charge in [0.15, 0.2) is 9.84 Å². The Hall–Kier alpha value is -0.390. The average molecular weight is 245 g/mol.